The van der Waals surface area contributed by atoms with Crippen molar-refractivity contribution in [1.29, 1.82) is 0 Å². The summed E-state index contributed by atoms with van der Waals surface area (Å²) in [7, 11) is 0. The van der Waals surface area contributed by atoms with E-state index >= 15 is 0 Å². The number of nitrogens with one attached hydrogen (secondary N) is 1. The molecule has 0 aromatic heterocycles. The summed E-state index contributed by atoms with van der Waals surface area (Å²) in [5, 5.41) is 2.22. The minimum Gasteiger partial charge on any atom is -0.488 e. The summed E-state index contributed by atoms with van der Waals surface area (Å²) >= 11 is 0. The molecule has 4 amide bonds. The van der Waals surface area contributed by atoms with Crippen molar-refractivity contribution >= 4 is 23.6 Å². The van der Waals surface area contributed by atoms with Crippen LogP contribution in [0.2, 0.25) is 0 Å². The smallest absolute Gasteiger partial charge is 0.266 e. The molecule has 50 heavy (non-hydrogen) atoms. The van der Waals surface area contributed by atoms with Crippen molar-refractivity contribution < 1.29 is 38.1 Å². The lowest BCUT2D eigenvalue weighted by molar-refractivity contribution is -0.136. The molecule has 3 heterocycles. The molecule has 2 saturated heterocycles. The Bertz CT molecular complexity index is 1470. The van der Waals surface area contributed by atoms with Crippen molar-refractivity contribution in [3.8, 4) is 5.75 Å². The van der Waals surface area contributed by atoms with Gasteiger partial charge in [0.25, 0.3) is 11.8 Å². The molecule has 3 aliphatic heterocycles. The van der Waals surface area contributed by atoms with E-state index in [9.17, 15) is 19.2 Å². The largest absolute Gasteiger partial charge is 0.488 e. The fourth-order valence-corrected chi connectivity index (χ4v) is 7.22. The lowest BCUT2D eigenvalue weighted by Crippen LogP contribution is -2.54. The number of imide groups is 2. The highest BCUT2D eigenvalue weighted by atomic mass is 16.5. The molecule has 1 aliphatic carbocycles. The van der Waals surface area contributed by atoms with Crippen molar-refractivity contribution in [3.05, 3.63) is 64.7 Å². The van der Waals surface area contributed by atoms with Crippen molar-refractivity contribution in [2.75, 3.05) is 72.4 Å². The molecule has 1 unspecified atom stereocenters. The third-order valence-corrected chi connectivity index (χ3v) is 10.2. The van der Waals surface area contributed by atoms with Gasteiger partial charge < -0.3 is 18.9 Å². The van der Waals surface area contributed by atoms with Gasteiger partial charge in [-0.15, -0.1) is 0 Å². The molecular weight excluding hydrogens is 640 g/mol. The van der Waals surface area contributed by atoms with E-state index in [0.717, 1.165) is 62.3 Å². The Labute approximate surface area is 294 Å². The van der Waals surface area contributed by atoms with E-state index in [4.69, 9.17) is 18.9 Å². The van der Waals surface area contributed by atoms with Crippen molar-refractivity contribution in [1.82, 2.24) is 20.0 Å². The van der Waals surface area contributed by atoms with Gasteiger partial charge in [0.05, 0.1) is 44.2 Å². The summed E-state index contributed by atoms with van der Waals surface area (Å²) in [6, 6.07) is 12.1. The predicted molar refractivity (Wildman–Crippen MR) is 185 cm³/mol. The number of fused-ring (bicyclic) bond motifs is 1. The molecule has 12 nitrogen and oxygen atoms in total. The zero-order chi connectivity index (χ0) is 34.7. The van der Waals surface area contributed by atoms with Gasteiger partial charge in [-0.2, -0.15) is 0 Å². The van der Waals surface area contributed by atoms with Crippen LogP contribution in [0.25, 0.3) is 0 Å². The van der Waals surface area contributed by atoms with Gasteiger partial charge in [0.1, 0.15) is 18.4 Å². The van der Waals surface area contributed by atoms with Crippen LogP contribution in [0.15, 0.2) is 42.5 Å². The topological polar surface area (TPSA) is 127 Å². The average Bonchev–Trinajstić information content (AvgIpc) is 3.74. The Morgan fingerprint density at radius 3 is 2.08 bits per heavy atom. The standard InChI is InChI=1S/C38H50N4O8/c43-34-13-12-32(36(44)39-34)42-37(45)31-6-3-7-33(35(31)38(42)46)50-27-30-10-8-29(9-11-30)26-41-17-15-40(16-18-41)19-21-48-23-25-49-24-22-47-20-14-28-4-1-2-5-28/h3,6-11,28,32H,1-2,4-5,12-27H2,(H,39,43,44). The molecule has 2 aromatic rings. The zero-order valence-corrected chi connectivity index (χ0v) is 28.9. The molecule has 6 rings (SSSR count). The lowest BCUT2D eigenvalue weighted by atomic mass is 10.0. The maximum atomic E-state index is 13.3. The van der Waals surface area contributed by atoms with Crippen LogP contribution >= 0.6 is 0 Å². The summed E-state index contributed by atoms with van der Waals surface area (Å²) in [5.41, 5.74) is 2.50. The molecule has 1 atom stereocenters. The van der Waals surface area contributed by atoms with Crippen LogP contribution in [0.4, 0.5) is 0 Å². The Hall–Kier alpha value is -3.68. The second-order valence-electron chi connectivity index (χ2n) is 13.6. The first-order valence-corrected chi connectivity index (χ1v) is 18.2. The molecule has 0 spiro atoms. The highest BCUT2D eigenvalue weighted by Crippen LogP contribution is 2.34. The number of hydrogen-bond acceptors (Lipinski definition) is 10. The number of benzene rings is 2. The Morgan fingerprint density at radius 1 is 0.700 bits per heavy atom. The van der Waals surface area contributed by atoms with E-state index in [1.807, 2.05) is 12.1 Å². The SMILES string of the molecule is O=C1CCC(N2C(=O)c3cccc(OCc4ccc(CN5CCN(CCOCCOCCOCCC6CCCC6)CC5)cc4)c3C2=O)C(=O)N1. The van der Waals surface area contributed by atoms with Crippen LogP contribution in [-0.2, 0) is 37.0 Å². The maximum Gasteiger partial charge on any atom is 0.266 e. The molecule has 0 radical (unpaired) electrons. The Kier molecular flexibility index (Phi) is 13.0. The van der Waals surface area contributed by atoms with Gasteiger partial charge in [-0.3, -0.25) is 39.2 Å². The number of piperidine rings is 1. The summed E-state index contributed by atoms with van der Waals surface area (Å²) in [5.74, 6) is -1.01. The second-order valence-corrected chi connectivity index (χ2v) is 13.6. The Morgan fingerprint density at radius 2 is 1.36 bits per heavy atom. The number of carbonyl (C=O) groups excluding carboxylic acids is 4. The summed E-state index contributed by atoms with van der Waals surface area (Å²) in [4.78, 5) is 56.2. The van der Waals surface area contributed by atoms with Gasteiger partial charge in [-0.1, -0.05) is 56.0 Å². The third-order valence-electron chi connectivity index (χ3n) is 10.2. The van der Waals surface area contributed by atoms with Gasteiger partial charge in [0.15, 0.2) is 0 Å². The third kappa shape index (κ3) is 9.55. The number of hydrogen-bond donors (Lipinski definition) is 1. The first-order valence-electron chi connectivity index (χ1n) is 18.2. The Balaban J connectivity index is 0.846. The van der Waals surface area contributed by atoms with Crippen molar-refractivity contribution in [3.63, 3.8) is 0 Å². The second kappa shape index (κ2) is 18.0. The van der Waals surface area contributed by atoms with Gasteiger partial charge >= 0.3 is 0 Å². The number of amides is 4. The van der Waals surface area contributed by atoms with E-state index in [1.54, 1.807) is 18.2 Å². The highest BCUT2D eigenvalue weighted by Gasteiger charge is 2.46. The van der Waals surface area contributed by atoms with Crippen LogP contribution in [0.5, 0.6) is 5.75 Å². The molecule has 3 fully saturated rings. The molecular formula is C38H50N4O8. The molecule has 2 aromatic carbocycles. The molecule has 0 bridgehead atoms. The lowest BCUT2D eigenvalue weighted by Gasteiger charge is -2.34. The minimum atomic E-state index is -1.01. The number of ether oxygens (including phenoxy) is 4. The molecule has 12 heteroatoms. The quantitative estimate of drug-likeness (QED) is 0.184. The molecule has 270 valence electrons. The summed E-state index contributed by atoms with van der Waals surface area (Å²) in [6.45, 7) is 10.1. The van der Waals surface area contributed by atoms with Gasteiger partial charge in [-0.05, 0) is 42.0 Å². The van der Waals surface area contributed by atoms with Crippen molar-refractivity contribution in [2.45, 2.75) is 64.1 Å². The van der Waals surface area contributed by atoms with E-state index in [0.29, 0.717) is 38.8 Å². The predicted octanol–water partition coefficient (Wildman–Crippen LogP) is 3.41. The van der Waals surface area contributed by atoms with E-state index in [1.165, 1.54) is 37.7 Å². The fraction of sp³-hybridized carbons (Fsp3) is 0.579. The summed E-state index contributed by atoms with van der Waals surface area (Å²) < 4.78 is 23.2. The van der Waals surface area contributed by atoms with Crippen LogP contribution in [0.3, 0.4) is 0 Å². The number of carbonyl (C=O) groups is 4. The van der Waals surface area contributed by atoms with Gasteiger partial charge in [0.2, 0.25) is 11.8 Å². The number of rotatable bonds is 18. The van der Waals surface area contributed by atoms with E-state index in [-0.39, 0.29) is 30.6 Å². The minimum absolute atomic E-state index is 0.0721. The average molecular weight is 691 g/mol. The van der Waals surface area contributed by atoms with Crippen LogP contribution in [-0.4, -0.2) is 117 Å². The number of piperazine rings is 1. The maximum absolute atomic E-state index is 13.3. The highest BCUT2D eigenvalue weighted by molar-refractivity contribution is 6.24. The fourth-order valence-electron chi connectivity index (χ4n) is 7.22. The van der Waals surface area contributed by atoms with E-state index < -0.39 is 29.7 Å². The van der Waals surface area contributed by atoms with Gasteiger partial charge in [0, 0.05) is 52.3 Å². The zero-order valence-electron chi connectivity index (χ0n) is 28.9. The van der Waals surface area contributed by atoms with Crippen LogP contribution in [0, 0.1) is 5.92 Å². The molecule has 1 N–H and O–H groups in total. The van der Waals surface area contributed by atoms with Crippen LogP contribution in [0.1, 0.15) is 76.8 Å². The van der Waals surface area contributed by atoms with Crippen molar-refractivity contribution in [2.24, 2.45) is 5.92 Å². The van der Waals surface area contributed by atoms with Crippen LogP contribution < -0.4 is 10.1 Å². The monoisotopic (exact) mass is 690 g/mol. The van der Waals surface area contributed by atoms with Gasteiger partial charge in [-0.25, -0.2) is 0 Å². The first-order chi connectivity index (χ1) is 24.5. The normalized spacial score (nSPS) is 20.5. The summed E-state index contributed by atoms with van der Waals surface area (Å²) in [6.07, 6.45) is 6.88. The number of nitrogens with zero attached hydrogens (tertiary/aromatic N) is 3. The molecule has 4 aliphatic rings. The molecule has 1 saturated carbocycles. The van der Waals surface area contributed by atoms with E-state index in [2.05, 4.69) is 27.2 Å². The first kappa shape index (κ1) is 36.1.